The smallest absolute Gasteiger partial charge is 0.317 e. The van der Waals surface area contributed by atoms with Crippen LogP contribution in [0.1, 0.15) is 44.7 Å². The van der Waals surface area contributed by atoms with E-state index in [-0.39, 0.29) is 17.9 Å². The first-order valence-corrected chi connectivity index (χ1v) is 7.38. The van der Waals surface area contributed by atoms with Crippen molar-refractivity contribution < 1.29 is 9.18 Å². The van der Waals surface area contributed by atoms with Gasteiger partial charge in [0.05, 0.1) is 6.04 Å². The number of benzene rings is 1. The Kier molecular flexibility index (Phi) is 4.99. The Morgan fingerprint density at radius 3 is 3.00 bits per heavy atom. The second-order valence-electron chi connectivity index (χ2n) is 5.82. The van der Waals surface area contributed by atoms with Crippen molar-refractivity contribution in [3.05, 3.63) is 35.6 Å². The van der Waals surface area contributed by atoms with E-state index in [0.29, 0.717) is 12.5 Å². The van der Waals surface area contributed by atoms with Crippen molar-refractivity contribution in [1.29, 1.82) is 0 Å². The van der Waals surface area contributed by atoms with Gasteiger partial charge in [-0.15, -0.1) is 0 Å². The van der Waals surface area contributed by atoms with E-state index in [1.54, 1.807) is 6.07 Å². The minimum absolute atomic E-state index is 0.00440. The Balaban J connectivity index is 1.98. The van der Waals surface area contributed by atoms with E-state index in [0.717, 1.165) is 31.4 Å². The summed E-state index contributed by atoms with van der Waals surface area (Å²) in [5, 5.41) is 2.96. The molecule has 4 heteroatoms. The van der Waals surface area contributed by atoms with E-state index < -0.39 is 0 Å². The zero-order valence-corrected chi connectivity index (χ0v) is 12.2. The molecule has 110 valence electrons. The highest BCUT2D eigenvalue weighted by molar-refractivity contribution is 5.75. The molecule has 3 nitrogen and oxygen atoms in total. The maximum absolute atomic E-state index is 13.3. The van der Waals surface area contributed by atoms with Crippen molar-refractivity contribution >= 4 is 6.03 Å². The fraction of sp³-hybridized carbons (Fsp3) is 0.562. The minimum atomic E-state index is -0.241. The van der Waals surface area contributed by atoms with Crippen molar-refractivity contribution in [3.63, 3.8) is 0 Å². The average Bonchev–Trinajstić information content (AvgIpc) is 2.87. The van der Waals surface area contributed by atoms with Crippen molar-refractivity contribution in [2.45, 2.75) is 39.2 Å². The zero-order valence-electron chi connectivity index (χ0n) is 12.2. The lowest BCUT2D eigenvalue weighted by atomic mass is 10.0. The molecule has 2 rings (SSSR count). The lowest BCUT2D eigenvalue weighted by molar-refractivity contribution is 0.192. The number of amides is 2. The number of rotatable bonds is 4. The standard InChI is InChI=1S/C16H23FN2O/c1-12(2)8-9-18-16(20)19-10-4-7-15(19)13-5-3-6-14(17)11-13/h3,5-6,11-12,15H,4,7-10H2,1-2H3,(H,18,20)/t15-/m1/s1. The van der Waals surface area contributed by atoms with Crippen LogP contribution in [-0.2, 0) is 0 Å². The number of nitrogens with zero attached hydrogens (tertiary/aromatic N) is 1. The topological polar surface area (TPSA) is 32.3 Å². The summed E-state index contributed by atoms with van der Waals surface area (Å²) >= 11 is 0. The number of halogens is 1. The van der Waals surface area contributed by atoms with E-state index in [2.05, 4.69) is 19.2 Å². The molecule has 0 saturated carbocycles. The monoisotopic (exact) mass is 278 g/mol. The molecule has 0 aromatic heterocycles. The summed E-state index contributed by atoms with van der Waals surface area (Å²) in [5.41, 5.74) is 0.890. The molecule has 1 aliphatic heterocycles. The molecule has 1 saturated heterocycles. The van der Waals surface area contributed by atoms with Gasteiger partial charge in [-0.3, -0.25) is 0 Å². The van der Waals surface area contributed by atoms with Gasteiger partial charge >= 0.3 is 6.03 Å². The highest BCUT2D eigenvalue weighted by Gasteiger charge is 2.29. The quantitative estimate of drug-likeness (QED) is 0.894. The van der Waals surface area contributed by atoms with Gasteiger partial charge in [0, 0.05) is 13.1 Å². The number of likely N-dealkylation sites (tertiary alicyclic amines) is 1. The Morgan fingerprint density at radius 2 is 2.30 bits per heavy atom. The van der Waals surface area contributed by atoms with Gasteiger partial charge in [-0.25, -0.2) is 9.18 Å². The third kappa shape index (κ3) is 3.71. The Bertz CT molecular complexity index is 462. The minimum Gasteiger partial charge on any atom is -0.338 e. The average molecular weight is 278 g/mol. The number of carbonyl (C=O) groups excluding carboxylic acids is 1. The number of nitrogens with one attached hydrogen (secondary N) is 1. The summed E-state index contributed by atoms with van der Waals surface area (Å²) in [6, 6.07) is 6.54. The van der Waals surface area contributed by atoms with E-state index in [1.807, 2.05) is 11.0 Å². The van der Waals surface area contributed by atoms with Crippen LogP contribution in [0.4, 0.5) is 9.18 Å². The molecule has 1 fully saturated rings. The fourth-order valence-corrected chi connectivity index (χ4v) is 2.64. The van der Waals surface area contributed by atoms with Gasteiger partial charge in [0.1, 0.15) is 5.82 Å². The van der Waals surface area contributed by atoms with Gasteiger partial charge in [0.25, 0.3) is 0 Å². The number of hydrogen-bond donors (Lipinski definition) is 1. The Morgan fingerprint density at radius 1 is 1.50 bits per heavy atom. The van der Waals surface area contributed by atoms with Gasteiger partial charge < -0.3 is 10.2 Å². The first-order chi connectivity index (χ1) is 9.58. The third-order valence-electron chi connectivity index (χ3n) is 3.75. The first kappa shape index (κ1) is 14.8. The van der Waals surface area contributed by atoms with Gasteiger partial charge in [0.2, 0.25) is 0 Å². The van der Waals surface area contributed by atoms with Gasteiger partial charge in [-0.05, 0) is 42.9 Å². The van der Waals surface area contributed by atoms with Crippen LogP contribution in [0.15, 0.2) is 24.3 Å². The number of urea groups is 1. The number of hydrogen-bond acceptors (Lipinski definition) is 1. The molecule has 0 radical (unpaired) electrons. The maximum atomic E-state index is 13.3. The summed E-state index contributed by atoms with van der Waals surface area (Å²) < 4.78 is 13.3. The molecular formula is C16H23FN2O. The van der Waals surface area contributed by atoms with Crippen molar-refractivity contribution in [1.82, 2.24) is 10.2 Å². The van der Waals surface area contributed by atoms with Crippen LogP contribution in [0, 0.1) is 11.7 Å². The summed E-state index contributed by atoms with van der Waals surface area (Å²) in [6.07, 6.45) is 2.85. The lowest BCUT2D eigenvalue weighted by Gasteiger charge is -2.25. The molecule has 0 spiro atoms. The van der Waals surface area contributed by atoms with Crippen LogP contribution < -0.4 is 5.32 Å². The molecular weight excluding hydrogens is 255 g/mol. The molecule has 2 amide bonds. The summed E-state index contributed by atoms with van der Waals surface area (Å²) in [6.45, 7) is 5.71. The van der Waals surface area contributed by atoms with Crippen LogP contribution in [0.3, 0.4) is 0 Å². The second-order valence-corrected chi connectivity index (χ2v) is 5.82. The first-order valence-electron chi connectivity index (χ1n) is 7.38. The molecule has 20 heavy (non-hydrogen) atoms. The molecule has 0 bridgehead atoms. The highest BCUT2D eigenvalue weighted by atomic mass is 19.1. The molecule has 1 aliphatic rings. The SMILES string of the molecule is CC(C)CCNC(=O)N1CCC[C@@H]1c1cccc(F)c1. The largest absolute Gasteiger partial charge is 0.338 e. The van der Waals surface area contributed by atoms with Crippen molar-refractivity contribution in [2.24, 2.45) is 5.92 Å². The summed E-state index contributed by atoms with van der Waals surface area (Å²) in [4.78, 5) is 14.0. The molecule has 0 aliphatic carbocycles. The third-order valence-corrected chi connectivity index (χ3v) is 3.75. The zero-order chi connectivity index (χ0) is 14.5. The Hall–Kier alpha value is -1.58. The summed E-state index contributed by atoms with van der Waals surface area (Å²) in [7, 11) is 0. The summed E-state index contributed by atoms with van der Waals surface area (Å²) in [5.74, 6) is 0.336. The van der Waals surface area contributed by atoms with Gasteiger partial charge in [-0.2, -0.15) is 0 Å². The fourth-order valence-electron chi connectivity index (χ4n) is 2.64. The molecule has 1 aromatic carbocycles. The van der Waals surface area contributed by atoms with Crippen LogP contribution in [0.2, 0.25) is 0 Å². The van der Waals surface area contributed by atoms with Crippen LogP contribution in [-0.4, -0.2) is 24.0 Å². The number of carbonyl (C=O) groups is 1. The van der Waals surface area contributed by atoms with E-state index in [4.69, 9.17) is 0 Å². The van der Waals surface area contributed by atoms with Gasteiger partial charge in [-0.1, -0.05) is 26.0 Å². The molecule has 1 atom stereocenters. The maximum Gasteiger partial charge on any atom is 0.317 e. The normalized spacial score (nSPS) is 18.6. The van der Waals surface area contributed by atoms with E-state index >= 15 is 0 Å². The van der Waals surface area contributed by atoms with E-state index in [9.17, 15) is 9.18 Å². The van der Waals surface area contributed by atoms with Crippen LogP contribution in [0.25, 0.3) is 0 Å². The van der Waals surface area contributed by atoms with Crippen LogP contribution in [0.5, 0.6) is 0 Å². The predicted molar refractivity (Wildman–Crippen MR) is 77.9 cm³/mol. The highest BCUT2D eigenvalue weighted by Crippen LogP contribution is 2.32. The van der Waals surface area contributed by atoms with Gasteiger partial charge in [0.15, 0.2) is 0 Å². The van der Waals surface area contributed by atoms with Crippen molar-refractivity contribution in [2.75, 3.05) is 13.1 Å². The predicted octanol–water partition coefficient (Wildman–Crippen LogP) is 3.72. The van der Waals surface area contributed by atoms with E-state index in [1.165, 1.54) is 12.1 Å². The second kappa shape index (κ2) is 6.73. The molecule has 1 aromatic rings. The lowest BCUT2D eigenvalue weighted by Crippen LogP contribution is -2.40. The molecule has 0 unspecified atom stereocenters. The van der Waals surface area contributed by atoms with Crippen LogP contribution >= 0.6 is 0 Å². The molecule has 1 heterocycles. The molecule has 1 N–H and O–H groups in total. The Labute approximate surface area is 120 Å². The van der Waals surface area contributed by atoms with Crippen molar-refractivity contribution in [3.8, 4) is 0 Å².